The molecule has 3 aliphatic heterocycles. The fourth-order valence-corrected chi connectivity index (χ4v) is 5.27. The Morgan fingerprint density at radius 3 is 2.54 bits per heavy atom. The molecule has 0 amide bonds. The largest absolute Gasteiger partial charge is 0.460 e. The Morgan fingerprint density at radius 1 is 1.00 bits per heavy atom. The van der Waals surface area contributed by atoms with Crippen LogP contribution in [-0.4, -0.2) is 36.3 Å². The topological polar surface area (TPSA) is 46.1 Å². The highest BCUT2D eigenvalue weighted by Gasteiger charge is 2.55. The molecular weight excluding hydrogens is 434 g/mol. The first kappa shape index (κ1) is 23.8. The summed E-state index contributed by atoms with van der Waals surface area (Å²) < 4.78 is 11.9. The zero-order valence-corrected chi connectivity index (χ0v) is 21.4. The second-order valence-electron chi connectivity index (χ2n) is 10.2. The lowest BCUT2D eigenvalue weighted by molar-refractivity contribution is -0.221. The lowest BCUT2D eigenvalue weighted by Crippen LogP contribution is -2.56. The fourth-order valence-electron chi connectivity index (χ4n) is 5.27. The third kappa shape index (κ3) is 4.21. The normalized spacial score (nSPS) is 23.5. The minimum Gasteiger partial charge on any atom is -0.460 e. The maximum atomic E-state index is 6.53. The number of fused-ring (bicyclic) bond motifs is 4. The second-order valence-corrected chi connectivity index (χ2v) is 10.2. The van der Waals surface area contributed by atoms with Crippen LogP contribution in [0.1, 0.15) is 58.9 Å². The number of ether oxygens (including phenoxy) is 2. The minimum atomic E-state index is -0.661. The maximum Gasteiger partial charge on any atom is 0.226 e. The van der Waals surface area contributed by atoms with E-state index in [1.807, 2.05) is 30.5 Å². The zero-order chi connectivity index (χ0) is 24.5. The van der Waals surface area contributed by atoms with Crippen molar-refractivity contribution in [2.45, 2.75) is 70.7 Å². The average Bonchev–Trinajstić information content (AvgIpc) is 3.08. The van der Waals surface area contributed by atoms with Gasteiger partial charge in [0, 0.05) is 17.6 Å². The summed E-state index contributed by atoms with van der Waals surface area (Å²) in [6.45, 7) is 10.9. The van der Waals surface area contributed by atoms with Gasteiger partial charge >= 0.3 is 0 Å². The van der Waals surface area contributed by atoms with E-state index in [4.69, 9.17) is 14.5 Å². The van der Waals surface area contributed by atoms with Gasteiger partial charge in [-0.1, -0.05) is 68.8 Å². The lowest BCUT2D eigenvalue weighted by Gasteiger charge is -2.40. The van der Waals surface area contributed by atoms with Crippen LogP contribution < -0.4 is 10.1 Å². The average molecular weight is 472 g/mol. The van der Waals surface area contributed by atoms with Crippen molar-refractivity contribution in [1.29, 1.82) is 0 Å². The fraction of sp³-hybridized carbons (Fsp3) is 0.433. The van der Waals surface area contributed by atoms with E-state index in [9.17, 15) is 0 Å². The number of rotatable bonds is 5. The molecule has 3 heterocycles. The van der Waals surface area contributed by atoms with Crippen LogP contribution in [-0.2, 0) is 10.2 Å². The highest BCUT2D eigenvalue weighted by molar-refractivity contribution is 5.99. The van der Waals surface area contributed by atoms with Gasteiger partial charge in [0.15, 0.2) is 0 Å². The molecule has 0 radical (unpaired) electrons. The number of aliphatic imine (C=N–C) groups is 1. The smallest absolute Gasteiger partial charge is 0.226 e. The molecule has 1 saturated heterocycles. The molecule has 1 N–H and O–H groups in total. The first-order valence-corrected chi connectivity index (χ1v) is 13.0. The van der Waals surface area contributed by atoms with Gasteiger partial charge in [-0.05, 0) is 56.2 Å². The third-order valence-electron chi connectivity index (χ3n) is 7.51. The van der Waals surface area contributed by atoms with Crippen molar-refractivity contribution in [1.82, 2.24) is 4.90 Å². The van der Waals surface area contributed by atoms with Crippen molar-refractivity contribution in [3.8, 4) is 5.75 Å². The number of hydrogen-bond acceptors (Lipinski definition) is 5. The van der Waals surface area contributed by atoms with Gasteiger partial charge in [0.05, 0.1) is 11.6 Å². The van der Waals surface area contributed by atoms with Crippen LogP contribution in [0.5, 0.6) is 5.75 Å². The molecule has 5 nitrogen and oxygen atoms in total. The lowest BCUT2D eigenvalue weighted by atomic mass is 9.78. The van der Waals surface area contributed by atoms with E-state index >= 15 is 0 Å². The summed E-state index contributed by atoms with van der Waals surface area (Å²) in [5, 5.41) is 5.85. The molecule has 5 heteroatoms. The predicted molar refractivity (Wildman–Crippen MR) is 145 cm³/mol. The summed E-state index contributed by atoms with van der Waals surface area (Å²) in [6.07, 6.45) is 7.42. The quantitative estimate of drug-likeness (QED) is 0.426. The van der Waals surface area contributed by atoms with Crippen LogP contribution in [0.25, 0.3) is 10.8 Å². The Hall–Kier alpha value is -2.89. The number of hydrogen-bond donors (Lipinski definition) is 1. The first-order valence-electron chi connectivity index (χ1n) is 13.0. The SMILES string of the molecule is CC1(C)c2ccccc2NC12C=Nc1c(ccc3ccccc13)O2.CCCCC1OCN1CCC. The maximum absolute atomic E-state index is 6.53. The highest BCUT2D eigenvalue weighted by Crippen LogP contribution is 2.51. The van der Waals surface area contributed by atoms with E-state index in [0.717, 1.165) is 29.2 Å². The van der Waals surface area contributed by atoms with E-state index in [1.165, 1.54) is 43.2 Å². The van der Waals surface area contributed by atoms with E-state index < -0.39 is 5.72 Å². The Morgan fingerprint density at radius 2 is 1.80 bits per heavy atom. The van der Waals surface area contributed by atoms with E-state index in [-0.39, 0.29) is 5.41 Å². The Labute approximate surface area is 209 Å². The van der Waals surface area contributed by atoms with Crippen molar-refractivity contribution in [2.75, 3.05) is 18.6 Å². The van der Waals surface area contributed by atoms with Crippen molar-refractivity contribution in [3.63, 3.8) is 0 Å². The molecule has 0 aromatic heterocycles. The van der Waals surface area contributed by atoms with Crippen LogP contribution >= 0.6 is 0 Å². The van der Waals surface area contributed by atoms with Crippen LogP contribution in [0, 0.1) is 0 Å². The Balaban J connectivity index is 0.000000195. The Kier molecular flexibility index (Phi) is 6.56. The summed E-state index contributed by atoms with van der Waals surface area (Å²) in [4.78, 5) is 7.23. The molecule has 0 bridgehead atoms. The molecule has 2 unspecified atom stereocenters. The van der Waals surface area contributed by atoms with Crippen LogP contribution in [0.15, 0.2) is 65.7 Å². The van der Waals surface area contributed by atoms with Crippen LogP contribution in [0.2, 0.25) is 0 Å². The second kappa shape index (κ2) is 9.63. The molecule has 0 aliphatic carbocycles. The number of para-hydroxylation sites is 1. The van der Waals surface area contributed by atoms with E-state index in [1.54, 1.807) is 0 Å². The summed E-state index contributed by atoms with van der Waals surface area (Å²) in [7, 11) is 0. The molecule has 1 spiro atoms. The molecule has 2 atom stereocenters. The molecule has 35 heavy (non-hydrogen) atoms. The van der Waals surface area contributed by atoms with Crippen LogP contribution in [0.4, 0.5) is 11.4 Å². The van der Waals surface area contributed by atoms with Crippen molar-refractivity contribution in [3.05, 3.63) is 66.2 Å². The summed E-state index contributed by atoms with van der Waals surface area (Å²) in [5.41, 5.74) is 2.38. The molecule has 6 rings (SSSR count). The van der Waals surface area contributed by atoms with Crippen molar-refractivity contribution >= 4 is 28.4 Å². The van der Waals surface area contributed by atoms with Gasteiger partial charge in [-0.15, -0.1) is 0 Å². The van der Waals surface area contributed by atoms with Gasteiger partial charge in [0.1, 0.15) is 24.4 Å². The van der Waals surface area contributed by atoms with Crippen molar-refractivity contribution < 1.29 is 9.47 Å². The first-order chi connectivity index (χ1) is 17.0. The molecule has 184 valence electrons. The Bertz CT molecular complexity index is 1220. The van der Waals surface area contributed by atoms with Crippen LogP contribution in [0.3, 0.4) is 0 Å². The van der Waals surface area contributed by atoms with E-state index in [0.29, 0.717) is 6.23 Å². The number of nitrogens with one attached hydrogen (secondary N) is 1. The minimum absolute atomic E-state index is 0.226. The van der Waals surface area contributed by atoms with Gasteiger partial charge in [-0.3, -0.25) is 9.89 Å². The molecule has 3 aromatic rings. The number of benzene rings is 3. The van der Waals surface area contributed by atoms with Gasteiger partial charge in [-0.2, -0.15) is 0 Å². The van der Waals surface area contributed by atoms with Gasteiger partial charge in [0.25, 0.3) is 0 Å². The molecule has 0 saturated carbocycles. The number of anilines is 1. The van der Waals surface area contributed by atoms with Crippen molar-refractivity contribution in [2.24, 2.45) is 4.99 Å². The molecular formula is C30H37N3O2. The predicted octanol–water partition coefficient (Wildman–Crippen LogP) is 7.24. The summed E-state index contributed by atoms with van der Waals surface area (Å²) >= 11 is 0. The summed E-state index contributed by atoms with van der Waals surface area (Å²) in [6, 6.07) is 20.8. The summed E-state index contributed by atoms with van der Waals surface area (Å²) in [5.74, 6) is 0.824. The van der Waals surface area contributed by atoms with Gasteiger partial charge in [-0.25, -0.2) is 0 Å². The van der Waals surface area contributed by atoms with Gasteiger partial charge in [0.2, 0.25) is 5.72 Å². The third-order valence-corrected chi connectivity index (χ3v) is 7.51. The highest BCUT2D eigenvalue weighted by atomic mass is 16.6. The van der Waals surface area contributed by atoms with Gasteiger partial charge < -0.3 is 14.8 Å². The number of unbranched alkanes of at least 4 members (excludes halogenated alkanes) is 1. The molecule has 3 aliphatic rings. The molecule has 3 aromatic carbocycles. The molecule has 1 fully saturated rings. The standard InChI is InChI=1S/C21H18N2O.C9H19NO/c1-20(2)16-9-5-6-10-17(16)23-21(20)13-22-19-15-8-4-3-7-14(15)11-12-18(19)24-21;1-3-5-6-9-10(7-4-2)8-11-9/h3-13,23H,1-2H3;9H,3-8H2,1-2H3. The number of nitrogens with zero attached hydrogens (tertiary/aromatic N) is 2. The monoisotopic (exact) mass is 471 g/mol. The van der Waals surface area contributed by atoms with E-state index in [2.05, 4.69) is 74.3 Å². The zero-order valence-electron chi connectivity index (χ0n) is 21.4.